The number of nitro benzene ring substituents is 1. The van der Waals surface area contributed by atoms with Crippen molar-refractivity contribution in [3.63, 3.8) is 0 Å². The summed E-state index contributed by atoms with van der Waals surface area (Å²) in [4.78, 5) is 36.2. The van der Waals surface area contributed by atoms with Crippen LogP contribution in [0.4, 0.5) is 20.2 Å². The largest absolute Gasteiger partial charge is 0.422 e. The Morgan fingerprint density at radius 2 is 1.64 bits per heavy atom. The summed E-state index contributed by atoms with van der Waals surface area (Å²) >= 11 is 0. The van der Waals surface area contributed by atoms with Gasteiger partial charge >= 0.3 is 5.97 Å². The van der Waals surface area contributed by atoms with Crippen LogP contribution < -0.4 is 10.1 Å². The minimum absolute atomic E-state index is 0.0273. The van der Waals surface area contributed by atoms with Gasteiger partial charge in [-0.1, -0.05) is 24.3 Å². The van der Waals surface area contributed by atoms with E-state index in [0.717, 1.165) is 29.8 Å². The van der Waals surface area contributed by atoms with E-state index in [9.17, 15) is 28.5 Å². The fourth-order valence-corrected chi connectivity index (χ4v) is 3.47. The van der Waals surface area contributed by atoms with Gasteiger partial charge in [0.15, 0.2) is 0 Å². The smallest absolute Gasteiger partial charge is 0.343 e. The maximum atomic E-state index is 14.4. The van der Waals surface area contributed by atoms with Crippen LogP contribution >= 0.6 is 0 Å². The number of nitro groups is 1. The molecule has 0 spiro atoms. The lowest BCUT2D eigenvalue weighted by atomic mass is 10.0. The van der Waals surface area contributed by atoms with Crippen molar-refractivity contribution in [2.45, 2.75) is 6.92 Å². The van der Waals surface area contributed by atoms with Crippen LogP contribution in [0.15, 0.2) is 84.9 Å². The molecule has 36 heavy (non-hydrogen) atoms. The number of non-ortho nitro benzene ring substituents is 1. The Morgan fingerprint density at radius 3 is 2.31 bits per heavy atom. The van der Waals surface area contributed by atoms with Gasteiger partial charge in [-0.25, -0.2) is 13.6 Å². The average molecular weight is 488 g/mol. The number of benzene rings is 4. The Bertz CT molecular complexity index is 1490. The number of hydrogen-bond acceptors (Lipinski definition) is 5. The summed E-state index contributed by atoms with van der Waals surface area (Å²) in [6.07, 6.45) is 0. The van der Waals surface area contributed by atoms with E-state index in [1.165, 1.54) is 36.4 Å². The molecule has 0 saturated carbocycles. The molecule has 0 aliphatic heterocycles. The second-order valence-corrected chi connectivity index (χ2v) is 7.80. The summed E-state index contributed by atoms with van der Waals surface area (Å²) in [7, 11) is 0. The predicted molar refractivity (Wildman–Crippen MR) is 129 cm³/mol. The fourth-order valence-electron chi connectivity index (χ4n) is 3.47. The van der Waals surface area contributed by atoms with Crippen molar-refractivity contribution in [1.29, 1.82) is 0 Å². The molecule has 0 atom stereocenters. The number of carbonyl (C=O) groups is 2. The predicted octanol–water partition coefficient (Wildman–Crippen LogP) is 6.32. The van der Waals surface area contributed by atoms with Crippen molar-refractivity contribution in [3.8, 4) is 16.9 Å². The number of aryl methyl sites for hydroxylation is 1. The van der Waals surface area contributed by atoms with E-state index in [2.05, 4.69) is 5.32 Å². The topological polar surface area (TPSA) is 98.5 Å². The molecule has 4 aromatic carbocycles. The van der Waals surface area contributed by atoms with Crippen molar-refractivity contribution in [2.24, 2.45) is 0 Å². The molecule has 1 N–H and O–H groups in total. The molecule has 0 unspecified atom stereocenters. The molecular weight excluding hydrogens is 470 g/mol. The van der Waals surface area contributed by atoms with Crippen LogP contribution in [0.5, 0.6) is 5.75 Å². The van der Waals surface area contributed by atoms with Gasteiger partial charge in [-0.15, -0.1) is 0 Å². The second kappa shape index (κ2) is 10.1. The number of nitrogens with one attached hydrogen (secondary N) is 1. The van der Waals surface area contributed by atoms with Crippen LogP contribution in [0.3, 0.4) is 0 Å². The van der Waals surface area contributed by atoms with Crippen molar-refractivity contribution < 1.29 is 28.0 Å². The lowest BCUT2D eigenvalue weighted by molar-refractivity contribution is -0.384. The number of anilines is 1. The standard InChI is InChI=1S/C27H18F2N2O5/c1-16-4-2-3-5-24(16)30-26(32)22-14-18(21-12-9-19(28)15-23(21)29)8-13-25(22)36-27(33)17-6-10-20(11-7-17)31(34)35/h2-15H,1H3,(H,30,32). The summed E-state index contributed by atoms with van der Waals surface area (Å²) in [5.74, 6) is -3.16. The molecule has 4 rings (SSSR count). The highest BCUT2D eigenvalue weighted by molar-refractivity contribution is 6.08. The minimum atomic E-state index is -0.851. The first-order valence-corrected chi connectivity index (χ1v) is 10.7. The van der Waals surface area contributed by atoms with E-state index < -0.39 is 28.4 Å². The molecule has 180 valence electrons. The Balaban J connectivity index is 1.71. The molecule has 4 aromatic rings. The zero-order valence-electron chi connectivity index (χ0n) is 18.8. The van der Waals surface area contributed by atoms with Gasteiger partial charge in [0.1, 0.15) is 17.4 Å². The van der Waals surface area contributed by atoms with Gasteiger partial charge in [-0.05, 0) is 60.5 Å². The van der Waals surface area contributed by atoms with Crippen LogP contribution in [0.2, 0.25) is 0 Å². The third-order valence-corrected chi connectivity index (χ3v) is 5.38. The first-order chi connectivity index (χ1) is 17.2. The molecule has 0 saturated heterocycles. The maximum Gasteiger partial charge on any atom is 0.343 e. The van der Waals surface area contributed by atoms with E-state index in [1.54, 1.807) is 31.2 Å². The Kier molecular flexibility index (Phi) is 6.82. The zero-order chi connectivity index (χ0) is 25.8. The summed E-state index contributed by atoms with van der Waals surface area (Å²) in [5.41, 5.74) is 1.38. The summed E-state index contributed by atoms with van der Waals surface area (Å²) < 4.78 is 33.2. The first kappa shape index (κ1) is 24.2. The molecule has 0 bridgehead atoms. The maximum absolute atomic E-state index is 14.4. The van der Waals surface area contributed by atoms with E-state index in [4.69, 9.17) is 4.74 Å². The molecule has 1 amide bonds. The molecule has 0 aliphatic rings. The number of ether oxygens (including phenoxy) is 1. The Morgan fingerprint density at radius 1 is 0.917 bits per heavy atom. The van der Waals surface area contributed by atoms with Gasteiger partial charge in [0.05, 0.1) is 16.1 Å². The van der Waals surface area contributed by atoms with Gasteiger partial charge in [-0.3, -0.25) is 14.9 Å². The summed E-state index contributed by atoms with van der Waals surface area (Å²) in [5, 5.41) is 13.6. The van der Waals surface area contributed by atoms with Crippen LogP contribution in [0.25, 0.3) is 11.1 Å². The molecule has 0 aliphatic carbocycles. The monoisotopic (exact) mass is 488 g/mol. The molecule has 9 heteroatoms. The third-order valence-electron chi connectivity index (χ3n) is 5.38. The fraction of sp³-hybridized carbons (Fsp3) is 0.0370. The summed E-state index contributed by atoms with van der Waals surface area (Å²) in [6, 6.07) is 19.0. The Labute approximate surface area is 204 Å². The first-order valence-electron chi connectivity index (χ1n) is 10.7. The average Bonchev–Trinajstić information content (AvgIpc) is 2.86. The lowest BCUT2D eigenvalue weighted by Gasteiger charge is -2.14. The quantitative estimate of drug-likeness (QED) is 0.148. The highest BCUT2D eigenvalue weighted by atomic mass is 19.1. The molecule has 7 nitrogen and oxygen atoms in total. The number of para-hydroxylation sites is 1. The summed E-state index contributed by atoms with van der Waals surface area (Å²) in [6.45, 7) is 1.80. The van der Waals surface area contributed by atoms with Crippen LogP contribution in [0, 0.1) is 28.7 Å². The molecule has 0 fully saturated rings. The van der Waals surface area contributed by atoms with Gasteiger partial charge in [0, 0.05) is 29.4 Å². The van der Waals surface area contributed by atoms with Crippen molar-refractivity contribution >= 4 is 23.3 Å². The van der Waals surface area contributed by atoms with Crippen LogP contribution in [-0.2, 0) is 0 Å². The van der Waals surface area contributed by atoms with Crippen molar-refractivity contribution in [2.75, 3.05) is 5.32 Å². The molecule has 0 heterocycles. The highest BCUT2D eigenvalue weighted by Gasteiger charge is 2.20. The van der Waals surface area contributed by atoms with E-state index in [1.807, 2.05) is 0 Å². The number of carbonyl (C=O) groups excluding carboxylic acids is 2. The molecular formula is C27H18F2N2O5. The van der Waals surface area contributed by atoms with Crippen LogP contribution in [0.1, 0.15) is 26.3 Å². The molecule has 0 aromatic heterocycles. The second-order valence-electron chi connectivity index (χ2n) is 7.80. The van der Waals surface area contributed by atoms with E-state index in [-0.39, 0.29) is 33.7 Å². The van der Waals surface area contributed by atoms with Gasteiger partial charge in [0.25, 0.3) is 11.6 Å². The Hall–Kier alpha value is -4.92. The van der Waals surface area contributed by atoms with Gasteiger partial charge < -0.3 is 10.1 Å². The number of nitrogens with zero attached hydrogens (tertiary/aromatic N) is 1. The minimum Gasteiger partial charge on any atom is -0.422 e. The van der Waals surface area contributed by atoms with E-state index >= 15 is 0 Å². The van der Waals surface area contributed by atoms with Gasteiger partial charge in [0.2, 0.25) is 0 Å². The zero-order valence-corrected chi connectivity index (χ0v) is 18.8. The lowest BCUT2D eigenvalue weighted by Crippen LogP contribution is -2.17. The van der Waals surface area contributed by atoms with E-state index in [0.29, 0.717) is 5.69 Å². The van der Waals surface area contributed by atoms with Crippen molar-refractivity contribution in [3.05, 3.63) is 123 Å². The number of hydrogen-bond donors (Lipinski definition) is 1. The number of halogens is 2. The normalized spacial score (nSPS) is 10.5. The number of amides is 1. The van der Waals surface area contributed by atoms with Crippen molar-refractivity contribution in [1.82, 2.24) is 0 Å². The number of esters is 1. The number of rotatable bonds is 6. The third kappa shape index (κ3) is 5.25. The van der Waals surface area contributed by atoms with Crippen LogP contribution in [-0.4, -0.2) is 16.8 Å². The SMILES string of the molecule is Cc1ccccc1NC(=O)c1cc(-c2ccc(F)cc2F)ccc1OC(=O)c1ccc([N+](=O)[O-])cc1. The highest BCUT2D eigenvalue weighted by Crippen LogP contribution is 2.30. The van der Waals surface area contributed by atoms with Gasteiger partial charge in [-0.2, -0.15) is 0 Å². The molecule has 0 radical (unpaired) electrons.